The van der Waals surface area contributed by atoms with E-state index in [1.54, 1.807) is 7.11 Å². The van der Waals surface area contributed by atoms with Gasteiger partial charge in [-0.05, 0) is 36.2 Å². The number of aliphatic imine (C=N–C) groups is 1. The molecule has 0 saturated carbocycles. The Morgan fingerprint density at radius 2 is 2.00 bits per heavy atom. The van der Waals surface area contributed by atoms with Crippen LogP contribution in [-0.2, 0) is 13.0 Å². The second-order valence-electron chi connectivity index (χ2n) is 5.27. The van der Waals surface area contributed by atoms with Gasteiger partial charge in [0.1, 0.15) is 12.3 Å². The number of guanidine groups is 1. The Hall–Kier alpha value is -2.36. The van der Waals surface area contributed by atoms with Crippen LogP contribution in [0.4, 0.5) is 0 Å². The first-order chi connectivity index (χ1) is 11.8. The quantitative estimate of drug-likeness (QED) is 0.339. The molecule has 3 rings (SSSR count). The summed E-state index contributed by atoms with van der Waals surface area (Å²) in [6.45, 7) is 1.09. The van der Waals surface area contributed by atoms with Gasteiger partial charge in [-0.3, -0.25) is 4.40 Å². The molecule has 0 aliphatic rings. The lowest BCUT2D eigenvalue weighted by Crippen LogP contribution is -2.33. The van der Waals surface area contributed by atoms with E-state index in [0.717, 1.165) is 23.6 Å². The summed E-state index contributed by atoms with van der Waals surface area (Å²) in [5, 5.41) is 11.3. The number of ether oxygens (including phenoxy) is 1. The summed E-state index contributed by atoms with van der Waals surface area (Å²) in [6, 6.07) is 13.7. The molecule has 8 heteroatoms. The molecule has 3 aromatic rings. The van der Waals surface area contributed by atoms with Crippen molar-refractivity contribution in [1.29, 1.82) is 0 Å². The molecule has 2 aromatic heterocycles. The summed E-state index contributed by atoms with van der Waals surface area (Å²) in [7, 11) is 1.66. The smallest absolute Gasteiger partial charge is 0.189 e. The molecule has 0 atom stereocenters. The molecule has 3 N–H and O–H groups in total. The zero-order valence-electron chi connectivity index (χ0n) is 13.9. The number of nitrogens with one attached hydrogen (secondary N) is 1. The van der Waals surface area contributed by atoms with E-state index in [0.29, 0.717) is 19.0 Å². The third-order valence-electron chi connectivity index (χ3n) is 3.65. The van der Waals surface area contributed by atoms with Gasteiger partial charge in [0.2, 0.25) is 0 Å². The maximum Gasteiger partial charge on any atom is 0.189 e. The molecule has 2 heterocycles. The number of nitrogens with two attached hydrogens (primary N) is 1. The van der Waals surface area contributed by atoms with E-state index in [-0.39, 0.29) is 24.0 Å². The van der Waals surface area contributed by atoms with Crippen LogP contribution in [0, 0.1) is 0 Å². The fourth-order valence-electron chi connectivity index (χ4n) is 2.34. The number of aromatic nitrogens is 3. The zero-order valence-corrected chi connectivity index (χ0v) is 16.3. The minimum Gasteiger partial charge on any atom is -0.497 e. The molecule has 0 aliphatic carbocycles. The molecule has 132 valence electrons. The minimum atomic E-state index is 0. The maximum absolute atomic E-state index is 5.91. The van der Waals surface area contributed by atoms with Crippen molar-refractivity contribution in [2.45, 2.75) is 13.0 Å². The molecule has 7 nitrogen and oxygen atoms in total. The van der Waals surface area contributed by atoms with E-state index in [1.807, 2.05) is 53.1 Å². The third kappa shape index (κ3) is 5.05. The maximum atomic E-state index is 5.91. The first-order valence-corrected chi connectivity index (χ1v) is 7.71. The fourth-order valence-corrected chi connectivity index (χ4v) is 2.34. The van der Waals surface area contributed by atoms with Crippen LogP contribution in [0.1, 0.15) is 11.4 Å². The number of rotatable bonds is 6. The molecular formula is C17H21IN6O. The van der Waals surface area contributed by atoms with Crippen LogP contribution in [0.5, 0.6) is 5.75 Å². The summed E-state index contributed by atoms with van der Waals surface area (Å²) in [4.78, 5) is 4.32. The lowest BCUT2D eigenvalue weighted by Gasteiger charge is -2.06. The Morgan fingerprint density at radius 3 is 2.76 bits per heavy atom. The fraction of sp³-hybridized carbons (Fsp3) is 0.235. The summed E-state index contributed by atoms with van der Waals surface area (Å²) >= 11 is 0. The van der Waals surface area contributed by atoms with E-state index < -0.39 is 0 Å². The van der Waals surface area contributed by atoms with Crippen molar-refractivity contribution < 1.29 is 4.74 Å². The van der Waals surface area contributed by atoms with E-state index in [9.17, 15) is 0 Å². The van der Waals surface area contributed by atoms with Crippen LogP contribution in [0.2, 0.25) is 0 Å². The molecule has 0 radical (unpaired) electrons. The average molecular weight is 452 g/mol. The standard InChI is InChI=1S/C17H20N6O.HI/c1-24-14-7-5-13(6-8-14)9-10-19-17(18)20-12-16-22-21-15-4-2-3-11-23(15)16;/h2-8,11H,9-10,12H2,1H3,(H3,18,19,20);1H. The van der Waals surface area contributed by atoms with Crippen molar-refractivity contribution in [3.05, 3.63) is 60.0 Å². The van der Waals surface area contributed by atoms with Crippen LogP contribution in [0.15, 0.2) is 53.7 Å². The summed E-state index contributed by atoms with van der Waals surface area (Å²) in [5.41, 5.74) is 7.91. The minimum absolute atomic E-state index is 0. The van der Waals surface area contributed by atoms with E-state index in [2.05, 4.69) is 20.5 Å². The molecular weight excluding hydrogens is 431 g/mol. The Kier molecular flexibility index (Phi) is 6.99. The first-order valence-electron chi connectivity index (χ1n) is 7.71. The highest BCUT2D eigenvalue weighted by molar-refractivity contribution is 14.0. The van der Waals surface area contributed by atoms with Gasteiger partial charge in [-0.2, -0.15) is 0 Å². The number of pyridine rings is 1. The van der Waals surface area contributed by atoms with Crippen molar-refractivity contribution in [1.82, 2.24) is 19.9 Å². The molecule has 0 bridgehead atoms. The van der Waals surface area contributed by atoms with E-state index >= 15 is 0 Å². The van der Waals surface area contributed by atoms with Gasteiger partial charge < -0.3 is 15.8 Å². The van der Waals surface area contributed by atoms with Crippen LogP contribution in [0.3, 0.4) is 0 Å². The number of halogens is 1. The van der Waals surface area contributed by atoms with Crippen molar-refractivity contribution in [3.8, 4) is 5.75 Å². The Balaban J connectivity index is 0.00000225. The molecule has 0 spiro atoms. The predicted molar refractivity (Wildman–Crippen MR) is 108 cm³/mol. The first kappa shape index (κ1) is 19.0. The molecule has 25 heavy (non-hydrogen) atoms. The second-order valence-corrected chi connectivity index (χ2v) is 5.27. The highest BCUT2D eigenvalue weighted by Crippen LogP contribution is 2.11. The van der Waals surface area contributed by atoms with Gasteiger partial charge in [-0.25, -0.2) is 4.99 Å². The third-order valence-corrected chi connectivity index (χ3v) is 3.65. The Morgan fingerprint density at radius 1 is 1.20 bits per heavy atom. The average Bonchev–Trinajstić information content (AvgIpc) is 3.04. The SMILES string of the molecule is COc1ccc(CCNC(N)=NCc2nnc3ccccn23)cc1.I. The lowest BCUT2D eigenvalue weighted by molar-refractivity contribution is 0.414. The number of fused-ring (bicyclic) bond motifs is 1. The summed E-state index contributed by atoms with van der Waals surface area (Å²) in [5.74, 6) is 2.01. The monoisotopic (exact) mass is 452 g/mol. The number of hydrogen-bond donors (Lipinski definition) is 2. The highest BCUT2D eigenvalue weighted by Gasteiger charge is 2.03. The summed E-state index contributed by atoms with van der Waals surface area (Å²) < 4.78 is 7.04. The van der Waals surface area contributed by atoms with Gasteiger partial charge in [-0.1, -0.05) is 18.2 Å². The molecule has 1 aromatic carbocycles. The van der Waals surface area contributed by atoms with Crippen LogP contribution in [0.25, 0.3) is 5.65 Å². The van der Waals surface area contributed by atoms with Gasteiger partial charge in [0, 0.05) is 12.7 Å². The van der Waals surface area contributed by atoms with E-state index in [1.165, 1.54) is 5.56 Å². The van der Waals surface area contributed by atoms with Gasteiger partial charge in [0.05, 0.1) is 7.11 Å². The topological polar surface area (TPSA) is 89.8 Å². The zero-order chi connectivity index (χ0) is 16.8. The Bertz CT molecular complexity index is 831. The van der Waals surface area contributed by atoms with Crippen LogP contribution < -0.4 is 15.8 Å². The van der Waals surface area contributed by atoms with Crippen molar-refractivity contribution in [3.63, 3.8) is 0 Å². The molecule has 0 fully saturated rings. The van der Waals surface area contributed by atoms with Crippen LogP contribution in [-0.4, -0.2) is 34.2 Å². The summed E-state index contributed by atoms with van der Waals surface area (Å²) in [6.07, 6.45) is 2.77. The number of hydrogen-bond acceptors (Lipinski definition) is 4. The van der Waals surface area contributed by atoms with Gasteiger partial charge in [-0.15, -0.1) is 34.2 Å². The van der Waals surface area contributed by atoms with Crippen LogP contribution >= 0.6 is 24.0 Å². The number of methoxy groups -OCH3 is 1. The van der Waals surface area contributed by atoms with Crippen molar-refractivity contribution >= 4 is 35.6 Å². The van der Waals surface area contributed by atoms with E-state index in [4.69, 9.17) is 10.5 Å². The second kappa shape index (κ2) is 9.21. The highest BCUT2D eigenvalue weighted by atomic mass is 127. The Labute approximate surface area is 163 Å². The largest absolute Gasteiger partial charge is 0.497 e. The van der Waals surface area contributed by atoms with Crippen molar-refractivity contribution in [2.24, 2.45) is 10.7 Å². The number of nitrogens with zero attached hydrogens (tertiary/aromatic N) is 4. The van der Waals surface area contributed by atoms with Gasteiger partial charge >= 0.3 is 0 Å². The van der Waals surface area contributed by atoms with Gasteiger partial charge in [0.15, 0.2) is 17.4 Å². The molecule has 0 aliphatic heterocycles. The normalized spacial score (nSPS) is 11.2. The van der Waals surface area contributed by atoms with Gasteiger partial charge in [0.25, 0.3) is 0 Å². The molecule has 0 amide bonds. The number of benzene rings is 1. The van der Waals surface area contributed by atoms with Crippen molar-refractivity contribution in [2.75, 3.05) is 13.7 Å². The molecule has 0 unspecified atom stereocenters. The predicted octanol–water partition coefficient (Wildman–Crippen LogP) is 2.00. The lowest BCUT2D eigenvalue weighted by atomic mass is 10.1. The molecule has 0 saturated heterocycles.